The molecule has 1 spiro atoms. The summed E-state index contributed by atoms with van der Waals surface area (Å²) in [7, 11) is 1.86. The van der Waals surface area contributed by atoms with E-state index in [0.717, 1.165) is 50.7 Å². The summed E-state index contributed by atoms with van der Waals surface area (Å²) < 4.78 is 1.72. The van der Waals surface area contributed by atoms with Gasteiger partial charge in [0.2, 0.25) is 0 Å². The molecule has 0 bridgehead atoms. The van der Waals surface area contributed by atoms with Crippen molar-refractivity contribution in [1.82, 2.24) is 19.6 Å². The van der Waals surface area contributed by atoms with E-state index >= 15 is 0 Å². The molecule has 2 aliphatic rings. The largest absolute Gasteiger partial charge is 0.324 e. The standard InChI is InChI=1S/C21H29N5O/c1-17-13-19(24(2)23-17)22-20(27)26-12-10-21(16-26)9-6-11-25(15-21)14-18-7-4-3-5-8-18/h3-5,7-8,13H,6,9-12,14-16H2,1-2H3,(H,22,27). The Morgan fingerprint density at radius 2 is 2.00 bits per heavy atom. The Labute approximate surface area is 161 Å². The van der Waals surface area contributed by atoms with Crippen LogP contribution in [0.3, 0.4) is 0 Å². The van der Waals surface area contributed by atoms with Crippen molar-refractivity contribution in [3.63, 3.8) is 0 Å². The first-order chi connectivity index (χ1) is 13.0. The van der Waals surface area contributed by atoms with Crippen molar-refractivity contribution in [1.29, 1.82) is 0 Å². The minimum atomic E-state index is -0.00458. The van der Waals surface area contributed by atoms with Gasteiger partial charge in [0.05, 0.1) is 5.69 Å². The molecule has 1 atom stereocenters. The van der Waals surface area contributed by atoms with E-state index in [1.165, 1.54) is 18.4 Å². The normalized spacial score (nSPS) is 23.1. The first-order valence-corrected chi connectivity index (χ1v) is 9.86. The van der Waals surface area contributed by atoms with Crippen LogP contribution in [-0.2, 0) is 13.6 Å². The number of aromatic nitrogens is 2. The van der Waals surface area contributed by atoms with Crippen molar-refractivity contribution in [2.45, 2.75) is 32.7 Å². The molecule has 6 nitrogen and oxygen atoms in total. The number of nitrogens with one attached hydrogen (secondary N) is 1. The lowest BCUT2D eigenvalue weighted by Gasteiger charge is -2.40. The summed E-state index contributed by atoms with van der Waals surface area (Å²) in [5.74, 6) is 0.757. The second kappa shape index (κ2) is 7.35. The molecule has 1 N–H and O–H groups in total. The van der Waals surface area contributed by atoms with E-state index in [0.29, 0.717) is 0 Å². The first kappa shape index (κ1) is 18.0. The Morgan fingerprint density at radius 3 is 2.74 bits per heavy atom. The maximum Gasteiger partial charge on any atom is 0.323 e. The van der Waals surface area contributed by atoms with Gasteiger partial charge in [0, 0.05) is 44.7 Å². The van der Waals surface area contributed by atoms with Crippen molar-refractivity contribution in [2.75, 3.05) is 31.5 Å². The molecule has 2 amide bonds. The minimum absolute atomic E-state index is 0.00458. The molecule has 1 aromatic heterocycles. The molecule has 0 radical (unpaired) electrons. The number of nitrogens with zero attached hydrogens (tertiary/aromatic N) is 4. The van der Waals surface area contributed by atoms with Crippen molar-refractivity contribution in [3.05, 3.63) is 47.7 Å². The number of carbonyl (C=O) groups excluding carboxylic acids is 1. The van der Waals surface area contributed by atoms with Crippen LogP contribution < -0.4 is 5.32 Å². The number of anilines is 1. The van der Waals surface area contributed by atoms with E-state index in [-0.39, 0.29) is 11.4 Å². The molecule has 0 saturated carbocycles. The monoisotopic (exact) mass is 367 g/mol. The number of urea groups is 1. The lowest BCUT2D eigenvalue weighted by atomic mass is 9.79. The molecule has 2 fully saturated rings. The molecule has 1 unspecified atom stereocenters. The maximum absolute atomic E-state index is 12.7. The summed E-state index contributed by atoms with van der Waals surface area (Å²) in [4.78, 5) is 17.3. The molecular formula is C21H29N5O. The number of amides is 2. The van der Waals surface area contributed by atoms with Gasteiger partial charge in [0.1, 0.15) is 5.82 Å². The van der Waals surface area contributed by atoms with E-state index in [9.17, 15) is 4.79 Å². The quantitative estimate of drug-likeness (QED) is 0.906. The van der Waals surface area contributed by atoms with Gasteiger partial charge in [0.15, 0.2) is 0 Å². The third-order valence-corrected chi connectivity index (χ3v) is 5.95. The predicted molar refractivity (Wildman–Crippen MR) is 107 cm³/mol. The molecule has 2 aliphatic heterocycles. The highest BCUT2D eigenvalue weighted by molar-refractivity contribution is 5.88. The van der Waals surface area contributed by atoms with Gasteiger partial charge in [-0.25, -0.2) is 4.79 Å². The van der Waals surface area contributed by atoms with Gasteiger partial charge in [-0.3, -0.25) is 14.9 Å². The second-order valence-electron chi connectivity index (χ2n) is 8.20. The van der Waals surface area contributed by atoms with Crippen LogP contribution in [-0.4, -0.2) is 51.8 Å². The van der Waals surface area contributed by atoms with E-state index < -0.39 is 0 Å². The molecule has 1 aromatic carbocycles. The molecule has 2 aromatic rings. The second-order valence-corrected chi connectivity index (χ2v) is 8.20. The van der Waals surface area contributed by atoms with Crippen LogP contribution in [0.4, 0.5) is 10.6 Å². The summed E-state index contributed by atoms with van der Waals surface area (Å²) in [6.07, 6.45) is 3.52. The molecule has 3 heterocycles. The number of likely N-dealkylation sites (tertiary alicyclic amines) is 2. The molecular weight excluding hydrogens is 338 g/mol. The fourth-order valence-electron chi connectivity index (χ4n) is 4.64. The Morgan fingerprint density at radius 1 is 1.19 bits per heavy atom. The fraction of sp³-hybridized carbons (Fsp3) is 0.524. The van der Waals surface area contributed by atoms with Gasteiger partial charge in [0.25, 0.3) is 0 Å². The van der Waals surface area contributed by atoms with Crippen LogP contribution in [0.2, 0.25) is 0 Å². The smallest absolute Gasteiger partial charge is 0.323 e. The average molecular weight is 367 g/mol. The Balaban J connectivity index is 1.37. The number of hydrogen-bond acceptors (Lipinski definition) is 3. The summed E-state index contributed by atoms with van der Waals surface area (Å²) >= 11 is 0. The van der Waals surface area contributed by atoms with Gasteiger partial charge < -0.3 is 4.90 Å². The molecule has 144 valence electrons. The molecule has 0 aliphatic carbocycles. The Bertz CT molecular complexity index is 802. The SMILES string of the molecule is Cc1cc(NC(=O)N2CCC3(CCCN(Cc4ccccc4)C3)C2)n(C)n1. The van der Waals surface area contributed by atoms with Gasteiger partial charge >= 0.3 is 6.03 Å². The highest BCUT2D eigenvalue weighted by Gasteiger charge is 2.42. The number of benzene rings is 1. The third kappa shape index (κ3) is 4.00. The fourth-order valence-corrected chi connectivity index (χ4v) is 4.64. The van der Waals surface area contributed by atoms with E-state index in [1.54, 1.807) is 4.68 Å². The lowest BCUT2D eigenvalue weighted by molar-refractivity contribution is 0.0905. The number of carbonyl (C=O) groups is 1. The first-order valence-electron chi connectivity index (χ1n) is 9.86. The number of hydrogen-bond donors (Lipinski definition) is 1. The zero-order chi connectivity index (χ0) is 18.9. The Kier molecular flexibility index (Phi) is 4.91. The minimum Gasteiger partial charge on any atom is -0.324 e. The lowest BCUT2D eigenvalue weighted by Crippen LogP contribution is -2.45. The van der Waals surface area contributed by atoms with Gasteiger partial charge in [-0.05, 0) is 38.3 Å². The number of rotatable bonds is 3. The number of aryl methyl sites for hydroxylation is 2. The average Bonchev–Trinajstić information content (AvgIpc) is 3.19. The number of piperidine rings is 1. The summed E-state index contributed by atoms with van der Waals surface area (Å²) in [5.41, 5.74) is 2.52. The van der Waals surface area contributed by atoms with Crippen LogP contribution >= 0.6 is 0 Å². The molecule has 2 saturated heterocycles. The zero-order valence-electron chi connectivity index (χ0n) is 16.3. The van der Waals surface area contributed by atoms with Gasteiger partial charge in [-0.15, -0.1) is 0 Å². The van der Waals surface area contributed by atoms with Crippen LogP contribution in [0.25, 0.3) is 0 Å². The van der Waals surface area contributed by atoms with Crippen LogP contribution in [0.15, 0.2) is 36.4 Å². The van der Waals surface area contributed by atoms with Crippen molar-refractivity contribution < 1.29 is 4.79 Å². The zero-order valence-corrected chi connectivity index (χ0v) is 16.3. The van der Waals surface area contributed by atoms with Crippen molar-refractivity contribution in [2.24, 2.45) is 12.5 Å². The van der Waals surface area contributed by atoms with E-state index in [1.807, 2.05) is 24.9 Å². The predicted octanol–water partition coefficient (Wildman–Crippen LogP) is 3.25. The summed E-state index contributed by atoms with van der Waals surface area (Å²) in [6.45, 7) is 6.85. The van der Waals surface area contributed by atoms with Crippen LogP contribution in [0, 0.1) is 12.3 Å². The van der Waals surface area contributed by atoms with E-state index in [2.05, 4.69) is 45.6 Å². The summed E-state index contributed by atoms with van der Waals surface area (Å²) in [6, 6.07) is 12.6. The highest BCUT2D eigenvalue weighted by Crippen LogP contribution is 2.39. The molecule has 27 heavy (non-hydrogen) atoms. The van der Waals surface area contributed by atoms with Crippen LogP contribution in [0.5, 0.6) is 0 Å². The maximum atomic E-state index is 12.7. The molecule has 6 heteroatoms. The highest BCUT2D eigenvalue weighted by atomic mass is 16.2. The summed E-state index contributed by atoms with van der Waals surface area (Å²) in [5, 5.41) is 7.32. The van der Waals surface area contributed by atoms with Crippen LogP contribution in [0.1, 0.15) is 30.5 Å². The third-order valence-electron chi connectivity index (χ3n) is 5.95. The van der Waals surface area contributed by atoms with Gasteiger partial charge in [-0.2, -0.15) is 5.10 Å². The van der Waals surface area contributed by atoms with E-state index in [4.69, 9.17) is 0 Å². The topological polar surface area (TPSA) is 53.4 Å². The Hall–Kier alpha value is -2.34. The van der Waals surface area contributed by atoms with Gasteiger partial charge in [-0.1, -0.05) is 30.3 Å². The molecule has 4 rings (SSSR count). The van der Waals surface area contributed by atoms with Crippen molar-refractivity contribution >= 4 is 11.8 Å². The van der Waals surface area contributed by atoms with Crippen molar-refractivity contribution in [3.8, 4) is 0 Å².